The smallest absolute Gasteiger partial charge is 0.252 e. The second-order valence-electron chi connectivity index (χ2n) is 3.16. The summed E-state index contributed by atoms with van der Waals surface area (Å²) in [5.74, 6) is -0.197. The first-order valence-electron chi connectivity index (χ1n) is 4.95. The molecule has 0 aliphatic rings. The molecule has 0 unspecified atom stereocenters. The van der Waals surface area contributed by atoms with Crippen molar-refractivity contribution in [2.24, 2.45) is 0 Å². The van der Waals surface area contributed by atoms with Gasteiger partial charge in [0.2, 0.25) is 6.41 Å². The maximum absolute atomic E-state index is 11.6. The van der Waals surface area contributed by atoms with Crippen molar-refractivity contribution in [1.82, 2.24) is 10.6 Å². The zero-order valence-electron chi connectivity index (χ0n) is 8.70. The highest BCUT2D eigenvalue weighted by molar-refractivity contribution is 6.33. The van der Waals surface area contributed by atoms with Gasteiger partial charge in [-0.05, 0) is 18.6 Å². The van der Waals surface area contributed by atoms with Crippen LogP contribution < -0.4 is 10.6 Å². The minimum atomic E-state index is -0.197. The van der Waals surface area contributed by atoms with Crippen molar-refractivity contribution in [1.29, 1.82) is 0 Å². The SMILES string of the molecule is O=CNCCCNC(=O)c1ccccc1Cl. The third kappa shape index (κ3) is 3.90. The summed E-state index contributed by atoms with van der Waals surface area (Å²) in [6.45, 7) is 1.05. The van der Waals surface area contributed by atoms with Crippen LogP contribution in [0.25, 0.3) is 0 Å². The van der Waals surface area contributed by atoms with Crippen LogP contribution in [0.4, 0.5) is 0 Å². The zero-order valence-corrected chi connectivity index (χ0v) is 9.46. The Morgan fingerprint density at radius 1 is 1.31 bits per heavy atom. The van der Waals surface area contributed by atoms with E-state index in [1.165, 1.54) is 0 Å². The molecule has 0 aliphatic carbocycles. The van der Waals surface area contributed by atoms with Crippen LogP contribution in [0.1, 0.15) is 16.8 Å². The lowest BCUT2D eigenvalue weighted by Gasteiger charge is -2.06. The fraction of sp³-hybridized carbons (Fsp3) is 0.273. The average Bonchev–Trinajstić information content (AvgIpc) is 2.29. The van der Waals surface area contributed by atoms with Crippen LogP contribution in [0, 0.1) is 0 Å². The fourth-order valence-corrected chi connectivity index (χ4v) is 1.41. The van der Waals surface area contributed by atoms with Crippen molar-refractivity contribution in [2.45, 2.75) is 6.42 Å². The van der Waals surface area contributed by atoms with Crippen LogP contribution in [-0.4, -0.2) is 25.4 Å². The first kappa shape index (κ1) is 12.5. The largest absolute Gasteiger partial charge is 0.359 e. The van der Waals surface area contributed by atoms with Crippen molar-refractivity contribution in [2.75, 3.05) is 13.1 Å². The minimum absolute atomic E-state index is 0.197. The second kappa shape index (κ2) is 6.85. The van der Waals surface area contributed by atoms with Crippen LogP contribution in [0.3, 0.4) is 0 Å². The average molecular weight is 241 g/mol. The normalized spacial score (nSPS) is 9.56. The van der Waals surface area contributed by atoms with Crippen LogP contribution in [0.5, 0.6) is 0 Å². The van der Waals surface area contributed by atoms with Gasteiger partial charge in [-0.1, -0.05) is 23.7 Å². The summed E-state index contributed by atoms with van der Waals surface area (Å²) in [5.41, 5.74) is 0.465. The number of hydrogen-bond donors (Lipinski definition) is 2. The highest BCUT2D eigenvalue weighted by Gasteiger charge is 2.07. The molecule has 0 aromatic heterocycles. The molecule has 0 radical (unpaired) electrons. The number of halogens is 1. The zero-order chi connectivity index (χ0) is 11.8. The van der Waals surface area contributed by atoms with Gasteiger partial charge in [-0.2, -0.15) is 0 Å². The van der Waals surface area contributed by atoms with Gasteiger partial charge in [0.05, 0.1) is 10.6 Å². The fourth-order valence-electron chi connectivity index (χ4n) is 1.19. The lowest BCUT2D eigenvalue weighted by atomic mass is 10.2. The van der Waals surface area contributed by atoms with Gasteiger partial charge in [0.1, 0.15) is 0 Å². The lowest BCUT2D eigenvalue weighted by Crippen LogP contribution is -2.27. The molecule has 0 saturated heterocycles. The van der Waals surface area contributed by atoms with Gasteiger partial charge < -0.3 is 10.6 Å². The number of carbonyl (C=O) groups excluding carboxylic acids is 2. The summed E-state index contributed by atoms with van der Waals surface area (Å²) in [4.78, 5) is 21.6. The summed E-state index contributed by atoms with van der Waals surface area (Å²) in [6.07, 6.45) is 1.32. The van der Waals surface area contributed by atoms with Gasteiger partial charge in [-0.25, -0.2) is 0 Å². The molecule has 0 aliphatic heterocycles. The number of amides is 2. The van der Waals surface area contributed by atoms with Gasteiger partial charge in [0.15, 0.2) is 0 Å². The second-order valence-corrected chi connectivity index (χ2v) is 3.57. The minimum Gasteiger partial charge on any atom is -0.359 e. The van der Waals surface area contributed by atoms with E-state index in [9.17, 15) is 9.59 Å². The van der Waals surface area contributed by atoms with E-state index in [1.807, 2.05) is 0 Å². The molecule has 1 aromatic rings. The molecule has 0 fully saturated rings. The molecule has 0 heterocycles. The summed E-state index contributed by atoms with van der Waals surface area (Å²) in [5, 5.41) is 5.67. The van der Waals surface area contributed by atoms with Crippen molar-refractivity contribution in [3.05, 3.63) is 34.9 Å². The molecule has 4 nitrogen and oxygen atoms in total. The summed E-state index contributed by atoms with van der Waals surface area (Å²) in [6, 6.07) is 6.87. The molecule has 0 saturated carbocycles. The lowest BCUT2D eigenvalue weighted by molar-refractivity contribution is -0.109. The van der Waals surface area contributed by atoms with Gasteiger partial charge in [-0.15, -0.1) is 0 Å². The maximum atomic E-state index is 11.6. The highest BCUT2D eigenvalue weighted by Crippen LogP contribution is 2.14. The van der Waals surface area contributed by atoms with E-state index in [4.69, 9.17) is 11.6 Å². The van der Waals surface area contributed by atoms with Crippen LogP contribution in [0.2, 0.25) is 5.02 Å². The third-order valence-corrected chi connectivity index (χ3v) is 2.31. The van der Waals surface area contributed by atoms with Crippen LogP contribution in [0.15, 0.2) is 24.3 Å². The molecular weight excluding hydrogens is 228 g/mol. The molecule has 5 heteroatoms. The summed E-state index contributed by atoms with van der Waals surface area (Å²) < 4.78 is 0. The number of rotatable bonds is 6. The van der Waals surface area contributed by atoms with Crippen LogP contribution >= 0.6 is 11.6 Å². The summed E-state index contributed by atoms with van der Waals surface area (Å²) >= 11 is 5.86. The number of hydrogen-bond acceptors (Lipinski definition) is 2. The Kier molecular flexibility index (Phi) is 5.36. The first-order valence-corrected chi connectivity index (χ1v) is 5.33. The maximum Gasteiger partial charge on any atom is 0.252 e. The molecule has 0 spiro atoms. The van der Waals surface area contributed by atoms with E-state index in [2.05, 4.69) is 10.6 Å². The van der Waals surface area contributed by atoms with Crippen molar-refractivity contribution >= 4 is 23.9 Å². The number of benzene rings is 1. The predicted molar refractivity (Wildman–Crippen MR) is 62.5 cm³/mol. The number of carbonyl (C=O) groups is 2. The Bertz CT molecular complexity index is 369. The summed E-state index contributed by atoms with van der Waals surface area (Å²) in [7, 11) is 0. The van der Waals surface area contributed by atoms with E-state index in [0.29, 0.717) is 36.5 Å². The Morgan fingerprint density at radius 2 is 2.06 bits per heavy atom. The Labute approximate surface area is 99.0 Å². The Balaban J connectivity index is 2.36. The van der Waals surface area contributed by atoms with Gasteiger partial charge in [0, 0.05) is 13.1 Å². The Hall–Kier alpha value is -1.55. The molecule has 1 rings (SSSR count). The molecule has 16 heavy (non-hydrogen) atoms. The third-order valence-electron chi connectivity index (χ3n) is 1.99. The van der Waals surface area contributed by atoms with Gasteiger partial charge in [0.25, 0.3) is 5.91 Å². The first-order chi connectivity index (χ1) is 7.75. The highest BCUT2D eigenvalue weighted by atomic mass is 35.5. The van der Waals surface area contributed by atoms with Crippen molar-refractivity contribution in [3.63, 3.8) is 0 Å². The number of nitrogens with one attached hydrogen (secondary N) is 2. The molecule has 2 amide bonds. The molecule has 0 atom stereocenters. The molecule has 0 bridgehead atoms. The molecule has 2 N–H and O–H groups in total. The topological polar surface area (TPSA) is 58.2 Å². The standard InChI is InChI=1S/C11H13ClN2O2/c12-10-5-2-1-4-9(10)11(16)14-7-3-6-13-8-15/h1-2,4-5,8H,3,6-7H2,(H,13,15)(H,14,16). The van der Waals surface area contributed by atoms with Gasteiger partial charge in [-0.3, -0.25) is 9.59 Å². The van der Waals surface area contributed by atoms with Crippen LogP contribution in [-0.2, 0) is 4.79 Å². The molecule has 1 aromatic carbocycles. The Morgan fingerprint density at radius 3 is 2.75 bits per heavy atom. The molecule has 86 valence electrons. The van der Waals surface area contributed by atoms with Crippen molar-refractivity contribution < 1.29 is 9.59 Å². The van der Waals surface area contributed by atoms with E-state index < -0.39 is 0 Å². The monoisotopic (exact) mass is 240 g/mol. The van der Waals surface area contributed by atoms with Crippen molar-refractivity contribution in [3.8, 4) is 0 Å². The van der Waals surface area contributed by atoms with E-state index in [0.717, 1.165) is 0 Å². The predicted octanol–water partition coefficient (Wildman–Crippen LogP) is 1.21. The molecular formula is C11H13ClN2O2. The van der Waals surface area contributed by atoms with E-state index >= 15 is 0 Å². The van der Waals surface area contributed by atoms with E-state index in [-0.39, 0.29) is 5.91 Å². The van der Waals surface area contributed by atoms with E-state index in [1.54, 1.807) is 24.3 Å². The quantitative estimate of drug-likeness (QED) is 0.580. The van der Waals surface area contributed by atoms with Gasteiger partial charge >= 0.3 is 0 Å².